The van der Waals surface area contributed by atoms with Crippen LogP contribution >= 0.6 is 15.9 Å². The summed E-state index contributed by atoms with van der Waals surface area (Å²) in [6, 6.07) is 10.0. The molecule has 2 rings (SSSR count). The predicted octanol–water partition coefficient (Wildman–Crippen LogP) is 2.73. The van der Waals surface area contributed by atoms with Crippen molar-refractivity contribution >= 4 is 15.9 Å². The molecule has 0 unspecified atom stereocenters. The number of benzene rings is 1. The third-order valence-electron chi connectivity index (χ3n) is 2.07. The number of aromatic nitrogens is 1. The molecule has 15 heavy (non-hydrogen) atoms. The predicted molar refractivity (Wildman–Crippen MR) is 61.2 cm³/mol. The molecular formula is C11H11BrN2O. The lowest BCUT2D eigenvalue weighted by atomic mass is 10.2. The van der Waals surface area contributed by atoms with Crippen molar-refractivity contribution in [3.63, 3.8) is 0 Å². The molecule has 0 aliphatic rings. The highest BCUT2D eigenvalue weighted by Crippen LogP contribution is 2.15. The fourth-order valence-electron chi connectivity index (χ4n) is 1.30. The van der Waals surface area contributed by atoms with Gasteiger partial charge in [-0.3, -0.25) is 0 Å². The maximum Gasteiger partial charge on any atom is 0.124 e. The SMILES string of the molecule is Brc1ccccc1CNCc1ccon1. The van der Waals surface area contributed by atoms with Crippen molar-refractivity contribution in [2.75, 3.05) is 0 Å². The fraction of sp³-hybridized carbons (Fsp3) is 0.182. The molecule has 0 aliphatic carbocycles. The molecule has 1 aromatic carbocycles. The van der Waals surface area contributed by atoms with Crippen molar-refractivity contribution < 1.29 is 4.52 Å². The summed E-state index contributed by atoms with van der Waals surface area (Å²) >= 11 is 3.50. The van der Waals surface area contributed by atoms with Gasteiger partial charge in [0.1, 0.15) is 6.26 Å². The lowest BCUT2D eigenvalue weighted by Gasteiger charge is -2.04. The Morgan fingerprint density at radius 3 is 2.80 bits per heavy atom. The molecule has 1 aromatic heterocycles. The topological polar surface area (TPSA) is 38.1 Å². The minimum Gasteiger partial charge on any atom is -0.364 e. The Labute approximate surface area is 96.6 Å². The van der Waals surface area contributed by atoms with Crippen LogP contribution in [0.4, 0.5) is 0 Å². The average Bonchev–Trinajstić information content (AvgIpc) is 2.74. The van der Waals surface area contributed by atoms with Crippen LogP contribution in [0.3, 0.4) is 0 Å². The monoisotopic (exact) mass is 266 g/mol. The second kappa shape index (κ2) is 5.09. The van der Waals surface area contributed by atoms with Gasteiger partial charge in [0.25, 0.3) is 0 Å². The Kier molecular flexibility index (Phi) is 3.53. The second-order valence-electron chi connectivity index (χ2n) is 3.19. The van der Waals surface area contributed by atoms with Crippen molar-refractivity contribution in [1.29, 1.82) is 0 Å². The average molecular weight is 267 g/mol. The van der Waals surface area contributed by atoms with Crippen molar-refractivity contribution in [2.24, 2.45) is 0 Å². The molecule has 0 fully saturated rings. The quantitative estimate of drug-likeness (QED) is 0.925. The summed E-state index contributed by atoms with van der Waals surface area (Å²) in [5, 5.41) is 7.11. The molecule has 1 heterocycles. The molecule has 0 radical (unpaired) electrons. The summed E-state index contributed by atoms with van der Waals surface area (Å²) in [6.07, 6.45) is 1.58. The van der Waals surface area contributed by atoms with Gasteiger partial charge in [-0.05, 0) is 11.6 Å². The molecule has 0 aliphatic heterocycles. The molecule has 2 aromatic rings. The van der Waals surface area contributed by atoms with Gasteiger partial charge in [-0.2, -0.15) is 0 Å². The van der Waals surface area contributed by atoms with E-state index in [-0.39, 0.29) is 0 Å². The summed E-state index contributed by atoms with van der Waals surface area (Å²) in [4.78, 5) is 0. The number of nitrogens with one attached hydrogen (secondary N) is 1. The molecule has 0 atom stereocenters. The number of halogens is 1. The van der Waals surface area contributed by atoms with Gasteiger partial charge in [-0.25, -0.2) is 0 Å². The minimum atomic E-state index is 0.720. The van der Waals surface area contributed by atoms with E-state index < -0.39 is 0 Å². The standard InChI is InChI=1S/C11H11BrN2O/c12-11-4-2-1-3-9(11)7-13-8-10-5-6-15-14-10/h1-6,13H,7-8H2. The third-order valence-corrected chi connectivity index (χ3v) is 2.84. The van der Waals surface area contributed by atoms with Crippen LogP contribution in [0, 0.1) is 0 Å². The highest BCUT2D eigenvalue weighted by molar-refractivity contribution is 9.10. The first-order valence-corrected chi connectivity index (χ1v) is 5.49. The molecule has 0 saturated carbocycles. The van der Waals surface area contributed by atoms with Gasteiger partial charge in [-0.15, -0.1) is 0 Å². The molecule has 0 spiro atoms. The van der Waals surface area contributed by atoms with E-state index in [4.69, 9.17) is 4.52 Å². The van der Waals surface area contributed by atoms with Crippen LogP contribution in [0.5, 0.6) is 0 Å². The zero-order chi connectivity index (χ0) is 10.5. The van der Waals surface area contributed by atoms with Gasteiger partial charge in [0.05, 0.1) is 5.69 Å². The first kappa shape index (κ1) is 10.4. The lowest BCUT2D eigenvalue weighted by molar-refractivity contribution is 0.408. The lowest BCUT2D eigenvalue weighted by Crippen LogP contribution is -2.13. The van der Waals surface area contributed by atoms with Gasteiger partial charge < -0.3 is 9.84 Å². The van der Waals surface area contributed by atoms with Gasteiger partial charge in [0.2, 0.25) is 0 Å². The van der Waals surface area contributed by atoms with Gasteiger partial charge in [-0.1, -0.05) is 39.3 Å². The zero-order valence-corrected chi connectivity index (χ0v) is 9.70. The van der Waals surface area contributed by atoms with Crippen LogP contribution in [0.2, 0.25) is 0 Å². The van der Waals surface area contributed by atoms with Gasteiger partial charge in [0, 0.05) is 23.6 Å². The Hall–Kier alpha value is -1.13. The number of nitrogens with zero attached hydrogens (tertiary/aromatic N) is 1. The molecule has 4 heteroatoms. The summed E-state index contributed by atoms with van der Waals surface area (Å²) in [6.45, 7) is 1.53. The van der Waals surface area contributed by atoms with Crippen molar-refractivity contribution in [2.45, 2.75) is 13.1 Å². The van der Waals surface area contributed by atoms with E-state index in [2.05, 4.69) is 32.5 Å². The first-order valence-electron chi connectivity index (χ1n) is 4.69. The van der Waals surface area contributed by atoms with Crippen LogP contribution in [0.15, 0.2) is 45.6 Å². The van der Waals surface area contributed by atoms with Gasteiger partial charge in [0.15, 0.2) is 0 Å². The number of hydrogen-bond donors (Lipinski definition) is 1. The highest BCUT2D eigenvalue weighted by atomic mass is 79.9. The molecular weight excluding hydrogens is 256 g/mol. The third kappa shape index (κ3) is 2.91. The van der Waals surface area contributed by atoms with E-state index in [9.17, 15) is 0 Å². The Balaban J connectivity index is 1.86. The summed E-state index contributed by atoms with van der Waals surface area (Å²) in [7, 11) is 0. The van der Waals surface area contributed by atoms with E-state index in [1.807, 2.05) is 24.3 Å². The first-order chi connectivity index (χ1) is 7.36. The van der Waals surface area contributed by atoms with E-state index in [0.29, 0.717) is 0 Å². The van der Waals surface area contributed by atoms with E-state index in [1.165, 1.54) is 5.56 Å². The van der Waals surface area contributed by atoms with E-state index in [0.717, 1.165) is 23.3 Å². The van der Waals surface area contributed by atoms with Crippen LogP contribution in [-0.2, 0) is 13.1 Å². The van der Waals surface area contributed by atoms with Crippen LogP contribution < -0.4 is 5.32 Å². The second-order valence-corrected chi connectivity index (χ2v) is 4.04. The summed E-state index contributed by atoms with van der Waals surface area (Å²) in [5.74, 6) is 0. The van der Waals surface area contributed by atoms with Crippen LogP contribution in [0.25, 0.3) is 0 Å². The van der Waals surface area contributed by atoms with E-state index >= 15 is 0 Å². The highest BCUT2D eigenvalue weighted by Gasteiger charge is 1.99. The van der Waals surface area contributed by atoms with Crippen molar-refractivity contribution in [3.8, 4) is 0 Å². The number of hydrogen-bond acceptors (Lipinski definition) is 3. The Bertz CT molecular complexity index is 414. The molecule has 0 saturated heterocycles. The molecule has 0 bridgehead atoms. The van der Waals surface area contributed by atoms with Crippen LogP contribution in [-0.4, -0.2) is 5.16 Å². The summed E-state index contributed by atoms with van der Waals surface area (Å²) in [5.41, 5.74) is 2.16. The van der Waals surface area contributed by atoms with Crippen LogP contribution in [0.1, 0.15) is 11.3 Å². The Morgan fingerprint density at radius 1 is 1.20 bits per heavy atom. The largest absolute Gasteiger partial charge is 0.364 e. The van der Waals surface area contributed by atoms with E-state index in [1.54, 1.807) is 6.26 Å². The molecule has 1 N–H and O–H groups in total. The minimum absolute atomic E-state index is 0.720. The molecule has 3 nitrogen and oxygen atoms in total. The number of rotatable bonds is 4. The fourth-order valence-corrected chi connectivity index (χ4v) is 1.72. The molecule has 78 valence electrons. The smallest absolute Gasteiger partial charge is 0.124 e. The zero-order valence-electron chi connectivity index (χ0n) is 8.11. The van der Waals surface area contributed by atoms with Crippen molar-refractivity contribution in [1.82, 2.24) is 10.5 Å². The normalized spacial score (nSPS) is 10.5. The summed E-state index contributed by atoms with van der Waals surface area (Å²) < 4.78 is 5.86. The maximum atomic E-state index is 4.74. The molecule has 0 amide bonds. The Morgan fingerprint density at radius 2 is 2.07 bits per heavy atom. The van der Waals surface area contributed by atoms with Gasteiger partial charge >= 0.3 is 0 Å². The van der Waals surface area contributed by atoms with Crippen molar-refractivity contribution in [3.05, 3.63) is 52.3 Å². The maximum absolute atomic E-state index is 4.74.